The Kier molecular flexibility index (Phi) is 7.54. The maximum Gasteiger partial charge on any atom is 0.102 e. The van der Waals surface area contributed by atoms with Gasteiger partial charge in [0, 0.05) is 0 Å². The van der Waals surface area contributed by atoms with E-state index in [1.54, 1.807) is 109 Å². The Morgan fingerprint density at radius 1 is 0.500 bits per heavy atom. The maximum atomic E-state index is 2.51. The predicted octanol–water partition coefficient (Wildman–Crippen LogP) is 8.11. The first kappa shape index (κ1) is 21.3. The van der Waals surface area contributed by atoms with Crippen LogP contribution in [0.15, 0.2) is 0 Å². The minimum atomic E-state index is 0.751. The quantitative estimate of drug-likeness (QED) is 0.431. The highest BCUT2D eigenvalue weighted by atomic mass is 14.4. The molecule has 4 aliphatic carbocycles. The Balaban J connectivity index is 1.37. The summed E-state index contributed by atoms with van der Waals surface area (Å²) in [5, 5.41) is 0. The van der Waals surface area contributed by atoms with Crippen LogP contribution in [0, 0.1) is 28.6 Å². The minimum Gasteiger partial charge on any atom is -0.0753 e. The topological polar surface area (TPSA) is 0 Å². The van der Waals surface area contributed by atoms with Crippen molar-refractivity contribution in [1.82, 2.24) is 0 Å². The van der Waals surface area contributed by atoms with Crippen molar-refractivity contribution in [1.29, 1.82) is 0 Å². The molecule has 1 spiro atoms. The van der Waals surface area contributed by atoms with Crippen LogP contribution in [0.1, 0.15) is 135 Å². The zero-order chi connectivity index (χ0) is 19.3. The Morgan fingerprint density at radius 3 is 1.68 bits per heavy atom. The summed E-state index contributed by atoms with van der Waals surface area (Å²) in [5.74, 6) is 3.28. The second-order valence-corrected chi connectivity index (χ2v) is 11.8. The third-order valence-electron chi connectivity index (χ3n) is 10.6. The van der Waals surface area contributed by atoms with Crippen molar-refractivity contribution in [2.75, 3.05) is 0 Å². The highest BCUT2D eigenvalue weighted by molar-refractivity contribution is 6.09. The van der Waals surface area contributed by atoms with E-state index in [-0.39, 0.29) is 0 Å². The van der Waals surface area contributed by atoms with E-state index in [4.69, 9.17) is 0 Å². The number of hydrogen-bond donors (Lipinski definition) is 0. The maximum absolute atomic E-state index is 2.51. The lowest BCUT2D eigenvalue weighted by molar-refractivity contribution is 0.128. The molecular weight excluding hydrogens is 335 g/mol. The standard InChI is InChI=1S/C27H49B/c28-22-27(19-7-8-20-27)25-13-4-6-17-26(18-9-14-25)16-5-3-12-24(15-21-26)23-10-1-2-11-23/h23-25H,1-22,28H2/t24?,25-,26?/m1/s1. The van der Waals surface area contributed by atoms with Gasteiger partial charge in [-0.2, -0.15) is 0 Å². The molecule has 0 aromatic carbocycles. The zero-order valence-electron chi connectivity index (χ0n) is 19.3. The minimum absolute atomic E-state index is 0.751. The Labute approximate surface area is 177 Å². The van der Waals surface area contributed by atoms with E-state index in [1.165, 1.54) is 32.0 Å². The molecule has 160 valence electrons. The number of rotatable bonds is 3. The molecule has 0 aromatic rings. The molecule has 4 rings (SSSR count). The second-order valence-electron chi connectivity index (χ2n) is 11.8. The van der Waals surface area contributed by atoms with Crippen LogP contribution in [0.4, 0.5) is 0 Å². The molecule has 0 aromatic heterocycles. The summed E-state index contributed by atoms with van der Waals surface area (Å²) >= 11 is 0. The van der Waals surface area contributed by atoms with Gasteiger partial charge in [0.2, 0.25) is 0 Å². The van der Waals surface area contributed by atoms with E-state index >= 15 is 0 Å². The zero-order valence-corrected chi connectivity index (χ0v) is 19.3. The van der Waals surface area contributed by atoms with Crippen LogP contribution in [-0.4, -0.2) is 7.85 Å². The molecule has 4 aliphatic rings. The van der Waals surface area contributed by atoms with Gasteiger partial charge < -0.3 is 0 Å². The molecule has 2 unspecified atom stereocenters. The van der Waals surface area contributed by atoms with Crippen molar-refractivity contribution in [3.8, 4) is 0 Å². The fraction of sp³-hybridized carbons (Fsp3) is 1.00. The van der Waals surface area contributed by atoms with E-state index in [2.05, 4.69) is 7.85 Å². The molecular formula is C27H49B. The molecule has 28 heavy (non-hydrogen) atoms. The van der Waals surface area contributed by atoms with Crippen LogP contribution < -0.4 is 0 Å². The molecule has 0 radical (unpaired) electrons. The summed E-state index contributed by atoms with van der Waals surface area (Å²) in [6.07, 6.45) is 34.2. The Morgan fingerprint density at radius 2 is 1.00 bits per heavy atom. The van der Waals surface area contributed by atoms with Crippen LogP contribution in [0.25, 0.3) is 0 Å². The predicted molar refractivity (Wildman–Crippen MR) is 126 cm³/mol. The highest BCUT2D eigenvalue weighted by Crippen LogP contribution is 2.53. The molecule has 0 aliphatic heterocycles. The summed E-state index contributed by atoms with van der Waals surface area (Å²) in [6, 6.07) is 0. The molecule has 0 saturated heterocycles. The van der Waals surface area contributed by atoms with Gasteiger partial charge in [-0.1, -0.05) is 83.4 Å². The fourth-order valence-electron chi connectivity index (χ4n) is 8.69. The van der Waals surface area contributed by atoms with Gasteiger partial charge in [-0.05, 0) is 86.4 Å². The second kappa shape index (κ2) is 9.91. The summed E-state index contributed by atoms with van der Waals surface area (Å²) in [4.78, 5) is 0. The molecule has 0 N–H and O–H groups in total. The van der Waals surface area contributed by atoms with Gasteiger partial charge in [-0.3, -0.25) is 0 Å². The largest absolute Gasteiger partial charge is 0.102 e. The van der Waals surface area contributed by atoms with Gasteiger partial charge >= 0.3 is 0 Å². The highest BCUT2D eigenvalue weighted by Gasteiger charge is 2.40. The average molecular weight is 385 g/mol. The first-order valence-corrected chi connectivity index (χ1v) is 13.8. The molecule has 0 nitrogen and oxygen atoms in total. The van der Waals surface area contributed by atoms with Gasteiger partial charge in [0.25, 0.3) is 0 Å². The summed E-state index contributed by atoms with van der Waals surface area (Å²) in [7, 11) is 2.51. The Hall–Kier alpha value is 0.0649. The van der Waals surface area contributed by atoms with Crippen molar-refractivity contribution in [3.05, 3.63) is 0 Å². The molecule has 1 heteroatoms. The third kappa shape index (κ3) is 4.86. The van der Waals surface area contributed by atoms with Crippen LogP contribution in [0.2, 0.25) is 6.32 Å². The van der Waals surface area contributed by atoms with Crippen molar-refractivity contribution in [2.24, 2.45) is 28.6 Å². The van der Waals surface area contributed by atoms with Gasteiger partial charge in [-0.15, -0.1) is 0 Å². The molecule has 0 bridgehead atoms. The van der Waals surface area contributed by atoms with E-state index in [1.807, 2.05) is 0 Å². The smallest absolute Gasteiger partial charge is 0.0753 e. The summed E-state index contributed by atoms with van der Waals surface area (Å²) in [5.41, 5.74) is 1.51. The fourth-order valence-corrected chi connectivity index (χ4v) is 8.69. The van der Waals surface area contributed by atoms with Crippen LogP contribution in [-0.2, 0) is 0 Å². The molecule has 4 fully saturated rings. The van der Waals surface area contributed by atoms with Gasteiger partial charge in [0.1, 0.15) is 7.85 Å². The van der Waals surface area contributed by atoms with Gasteiger partial charge in [-0.25, -0.2) is 0 Å². The lowest BCUT2D eigenvalue weighted by atomic mass is 9.63. The van der Waals surface area contributed by atoms with Crippen LogP contribution in [0.5, 0.6) is 0 Å². The van der Waals surface area contributed by atoms with E-state index in [0.29, 0.717) is 0 Å². The van der Waals surface area contributed by atoms with Crippen molar-refractivity contribution < 1.29 is 0 Å². The van der Waals surface area contributed by atoms with Crippen molar-refractivity contribution in [2.45, 2.75) is 141 Å². The van der Waals surface area contributed by atoms with Gasteiger partial charge in [0.15, 0.2) is 0 Å². The third-order valence-corrected chi connectivity index (χ3v) is 10.6. The average Bonchev–Trinajstić information content (AvgIpc) is 3.39. The monoisotopic (exact) mass is 384 g/mol. The summed E-state index contributed by atoms with van der Waals surface area (Å²) in [6.45, 7) is 0. The first-order valence-electron chi connectivity index (χ1n) is 13.8. The molecule has 0 heterocycles. The van der Waals surface area contributed by atoms with Crippen molar-refractivity contribution in [3.63, 3.8) is 0 Å². The molecule has 4 saturated carbocycles. The first-order chi connectivity index (χ1) is 13.8. The lowest BCUT2D eigenvalue weighted by Crippen LogP contribution is -2.28. The van der Waals surface area contributed by atoms with Gasteiger partial charge in [0.05, 0.1) is 0 Å². The van der Waals surface area contributed by atoms with E-state index in [9.17, 15) is 0 Å². The SMILES string of the molecule is BCC1([C@@H]2CCCCC3(CCCCC(C4CCCC4)CC3)CCC2)CCCC1. The van der Waals surface area contributed by atoms with Crippen molar-refractivity contribution >= 4 is 7.85 Å². The lowest BCUT2D eigenvalue weighted by Gasteiger charge is -2.39. The molecule has 0 amide bonds. The van der Waals surface area contributed by atoms with Crippen LogP contribution in [0.3, 0.4) is 0 Å². The summed E-state index contributed by atoms with van der Waals surface area (Å²) < 4.78 is 0. The normalized spacial score (nSPS) is 38.4. The van der Waals surface area contributed by atoms with E-state index < -0.39 is 0 Å². The molecule has 3 atom stereocenters. The number of hydrogen-bond acceptors (Lipinski definition) is 0. The van der Waals surface area contributed by atoms with Crippen LogP contribution >= 0.6 is 0 Å². The Bertz CT molecular complexity index is 459. The van der Waals surface area contributed by atoms with E-state index in [0.717, 1.165) is 28.6 Å².